The third-order valence-corrected chi connectivity index (χ3v) is 5.04. The summed E-state index contributed by atoms with van der Waals surface area (Å²) in [6.45, 7) is 0. The predicted molar refractivity (Wildman–Crippen MR) is 127 cm³/mol. The van der Waals surface area contributed by atoms with Crippen LogP contribution in [0.1, 0.15) is 5.76 Å². The minimum absolute atomic E-state index is 0.123. The molecule has 148 valence electrons. The Morgan fingerprint density at radius 1 is 1.03 bits per heavy atom. The molecule has 0 atom stereocenters. The summed E-state index contributed by atoms with van der Waals surface area (Å²) in [4.78, 5) is 12.1. The van der Waals surface area contributed by atoms with E-state index >= 15 is 0 Å². The van der Waals surface area contributed by atoms with Gasteiger partial charge in [0.2, 0.25) is 5.91 Å². The molecule has 1 amide bonds. The summed E-state index contributed by atoms with van der Waals surface area (Å²) >= 11 is 26.6. The number of carbonyl (C=O) groups excluding carboxylic acids is 1. The predicted octanol–water partition coefficient (Wildman–Crippen LogP) is 7.20. The maximum absolute atomic E-state index is 12.1. The molecule has 0 radical (unpaired) electrons. The van der Waals surface area contributed by atoms with Gasteiger partial charge in [0.15, 0.2) is 5.11 Å². The van der Waals surface area contributed by atoms with E-state index in [0.29, 0.717) is 32.3 Å². The van der Waals surface area contributed by atoms with Gasteiger partial charge in [-0.15, -0.1) is 0 Å². The first-order chi connectivity index (χ1) is 13.8. The van der Waals surface area contributed by atoms with E-state index in [1.807, 2.05) is 0 Å². The van der Waals surface area contributed by atoms with Crippen molar-refractivity contribution in [2.45, 2.75) is 0 Å². The third-order valence-electron chi connectivity index (χ3n) is 3.59. The van der Waals surface area contributed by atoms with Crippen LogP contribution in [0, 0.1) is 0 Å². The molecule has 2 N–H and O–H groups in total. The highest BCUT2D eigenvalue weighted by Gasteiger charge is 2.08. The average molecular weight is 531 g/mol. The first kappa shape index (κ1) is 21.9. The number of thiocarbonyl (C=S) groups is 1. The number of nitrogens with one attached hydrogen (secondary N) is 2. The van der Waals surface area contributed by atoms with E-state index in [1.54, 1.807) is 48.5 Å². The van der Waals surface area contributed by atoms with Crippen LogP contribution in [0.15, 0.2) is 63.5 Å². The largest absolute Gasteiger partial charge is 0.457 e. The Morgan fingerprint density at radius 3 is 2.45 bits per heavy atom. The molecule has 0 fully saturated rings. The van der Waals surface area contributed by atoms with Crippen molar-refractivity contribution in [1.82, 2.24) is 5.32 Å². The Labute approximate surface area is 196 Å². The number of benzene rings is 2. The molecular weight excluding hydrogens is 519 g/mol. The molecule has 1 heterocycles. The van der Waals surface area contributed by atoms with Crippen molar-refractivity contribution >= 4 is 85.7 Å². The molecule has 0 aliphatic rings. The fourth-order valence-corrected chi connectivity index (χ4v) is 3.81. The van der Waals surface area contributed by atoms with Crippen molar-refractivity contribution in [1.29, 1.82) is 0 Å². The lowest BCUT2D eigenvalue weighted by atomic mass is 10.2. The van der Waals surface area contributed by atoms with Crippen molar-refractivity contribution < 1.29 is 9.21 Å². The molecule has 3 rings (SSSR count). The molecule has 0 saturated heterocycles. The van der Waals surface area contributed by atoms with E-state index in [-0.39, 0.29) is 5.11 Å². The Hall–Kier alpha value is -1.83. The SMILES string of the molecule is O=C(/C=C/c1ccc(-c2cc(Cl)cc(Cl)c2)o1)NC(=S)Nc1ccc(Br)cc1Cl. The van der Waals surface area contributed by atoms with Crippen LogP contribution in [0.4, 0.5) is 5.69 Å². The van der Waals surface area contributed by atoms with Gasteiger partial charge < -0.3 is 9.73 Å². The van der Waals surface area contributed by atoms with Crippen molar-refractivity contribution in [3.8, 4) is 11.3 Å². The van der Waals surface area contributed by atoms with Gasteiger partial charge in [0, 0.05) is 26.2 Å². The van der Waals surface area contributed by atoms with Crippen LogP contribution in [0.25, 0.3) is 17.4 Å². The maximum atomic E-state index is 12.1. The van der Waals surface area contributed by atoms with Crippen LogP contribution in [0.3, 0.4) is 0 Å². The molecule has 3 aromatic rings. The second-order valence-electron chi connectivity index (χ2n) is 5.76. The van der Waals surface area contributed by atoms with Gasteiger partial charge in [-0.1, -0.05) is 50.7 Å². The minimum Gasteiger partial charge on any atom is -0.457 e. The van der Waals surface area contributed by atoms with Gasteiger partial charge in [-0.3, -0.25) is 10.1 Å². The minimum atomic E-state index is -0.417. The Balaban J connectivity index is 1.60. The zero-order chi connectivity index (χ0) is 21.0. The quantitative estimate of drug-likeness (QED) is 0.277. The third kappa shape index (κ3) is 6.32. The van der Waals surface area contributed by atoms with Gasteiger partial charge in [-0.25, -0.2) is 0 Å². The fraction of sp³-hybridized carbons (Fsp3) is 0. The number of anilines is 1. The molecule has 9 heteroatoms. The van der Waals surface area contributed by atoms with E-state index in [4.69, 9.17) is 51.4 Å². The Kier molecular flexibility index (Phi) is 7.38. The fourth-order valence-electron chi connectivity index (χ4n) is 2.35. The number of carbonyl (C=O) groups is 1. The van der Waals surface area contributed by atoms with Crippen LogP contribution in [0.5, 0.6) is 0 Å². The summed E-state index contributed by atoms with van der Waals surface area (Å²) < 4.78 is 6.54. The lowest BCUT2D eigenvalue weighted by Gasteiger charge is -2.09. The second kappa shape index (κ2) is 9.78. The lowest BCUT2D eigenvalue weighted by Crippen LogP contribution is -2.32. The van der Waals surface area contributed by atoms with Crippen LogP contribution >= 0.6 is 63.0 Å². The number of furan rings is 1. The lowest BCUT2D eigenvalue weighted by molar-refractivity contribution is -0.115. The van der Waals surface area contributed by atoms with Crippen LogP contribution < -0.4 is 10.6 Å². The summed E-state index contributed by atoms with van der Waals surface area (Å²) in [5, 5.41) is 7.01. The van der Waals surface area contributed by atoms with Gasteiger partial charge in [0.1, 0.15) is 11.5 Å². The second-order valence-corrected chi connectivity index (χ2v) is 8.37. The van der Waals surface area contributed by atoms with E-state index < -0.39 is 5.91 Å². The highest BCUT2D eigenvalue weighted by molar-refractivity contribution is 9.10. The van der Waals surface area contributed by atoms with Gasteiger partial charge in [-0.2, -0.15) is 0 Å². The van der Waals surface area contributed by atoms with E-state index in [9.17, 15) is 4.79 Å². The molecule has 4 nitrogen and oxygen atoms in total. The van der Waals surface area contributed by atoms with E-state index in [1.165, 1.54) is 12.2 Å². The summed E-state index contributed by atoms with van der Waals surface area (Å²) in [5.74, 6) is 0.650. The maximum Gasteiger partial charge on any atom is 0.250 e. The molecule has 0 unspecified atom stereocenters. The van der Waals surface area contributed by atoms with Crippen LogP contribution in [0.2, 0.25) is 15.1 Å². The van der Waals surface area contributed by atoms with Gasteiger partial charge in [0.25, 0.3) is 0 Å². The molecule has 2 aromatic carbocycles. The van der Waals surface area contributed by atoms with Crippen LogP contribution in [-0.4, -0.2) is 11.0 Å². The van der Waals surface area contributed by atoms with Crippen molar-refractivity contribution in [2.24, 2.45) is 0 Å². The first-order valence-corrected chi connectivity index (χ1v) is 10.4. The molecule has 0 aliphatic heterocycles. The summed E-state index contributed by atoms with van der Waals surface area (Å²) in [5.41, 5.74) is 1.32. The Morgan fingerprint density at radius 2 is 1.76 bits per heavy atom. The zero-order valence-corrected chi connectivity index (χ0v) is 19.2. The van der Waals surface area contributed by atoms with Crippen LogP contribution in [-0.2, 0) is 4.79 Å². The zero-order valence-electron chi connectivity index (χ0n) is 14.5. The van der Waals surface area contributed by atoms with Crippen molar-refractivity contribution in [3.05, 3.63) is 79.9 Å². The highest BCUT2D eigenvalue weighted by Crippen LogP contribution is 2.29. The monoisotopic (exact) mass is 528 g/mol. The van der Waals surface area contributed by atoms with Gasteiger partial charge in [-0.05, 0) is 66.8 Å². The van der Waals surface area contributed by atoms with Gasteiger partial charge in [0.05, 0.1) is 10.7 Å². The molecule has 1 aromatic heterocycles. The molecule has 0 aliphatic carbocycles. The summed E-state index contributed by atoms with van der Waals surface area (Å²) in [6, 6.07) is 13.9. The van der Waals surface area contributed by atoms with Crippen molar-refractivity contribution in [2.75, 3.05) is 5.32 Å². The summed E-state index contributed by atoms with van der Waals surface area (Å²) in [6.07, 6.45) is 2.84. The molecular formula is C20H12BrCl3N2O2S. The number of rotatable bonds is 4. The molecule has 0 spiro atoms. The van der Waals surface area contributed by atoms with E-state index in [0.717, 1.165) is 10.0 Å². The number of halogens is 4. The average Bonchev–Trinajstić information content (AvgIpc) is 3.11. The topological polar surface area (TPSA) is 54.3 Å². The Bertz CT molecular complexity index is 1090. The normalized spacial score (nSPS) is 10.9. The highest BCUT2D eigenvalue weighted by atomic mass is 79.9. The summed E-state index contributed by atoms with van der Waals surface area (Å²) in [7, 11) is 0. The number of hydrogen-bond donors (Lipinski definition) is 2. The standard InChI is InChI=1S/C20H12BrCl3N2O2S/c21-12-1-4-17(16(24)9-12)25-20(29)26-19(27)6-3-15-2-5-18(28-15)11-7-13(22)10-14(23)8-11/h1-10H,(H2,25,26,27,29)/b6-3+. The van der Waals surface area contributed by atoms with Crippen molar-refractivity contribution in [3.63, 3.8) is 0 Å². The van der Waals surface area contributed by atoms with Gasteiger partial charge >= 0.3 is 0 Å². The molecule has 0 bridgehead atoms. The molecule has 0 saturated carbocycles. The smallest absolute Gasteiger partial charge is 0.250 e. The first-order valence-electron chi connectivity index (χ1n) is 8.11. The number of amides is 1. The number of hydrogen-bond acceptors (Lipinski definition) is 3. The molecule has 29 heavy (non-hydrogen) atoms. The van der Waals surface area contributed by atoms with E-state index in [2.05, 4.69) is 26.6 Å².